The quantitative estimate of drug-likeness (QED) is 0.474. The second-order valence-corrected chi connectivity index (χ2v) is 13.5. The van der Waals surface area contributed by atoms with Gasteiger partial charge in [-0.15, -0.1) is 0 Å². The van der Waals surface area contributed by atoms with Crippen molar-refractivity contribution in [2.75, 3.05) is 0 Å². The molecular formula is C13H28O2Ti. The number of carboxylic acids is 1. The minimum atomic E-state index is -2.11. The van der Waals surface area contributed by atoms with Crippen molar-refractivity contribution in [3.05, 3.63) is 0 Å². The molecule has 0 spiro atoms. The summed E-state index contributed by atoms with van der Waals surface area (Å²) in [5, 5.41) is 9.45. The molecule has 0 heterocycles. The summed E-state index contributed by atoms with van der Waals surface area (Å²) in [4.78, 5) is 11.5. The van der Waals surface area contributed by atoms with E-state index in [1.165, 1.54) is 12.8 Å². The summed E-state index contributed by atoms with van der Waals surface area (Å²) in [6.07, 6.45) is 4.38. The van der Waals surface area contributed by atoms with Gasteiger partial charge in [0.05, 0.1) is 0 Å². The fraction of sp³-hybridized carbons (Fsp3) is 0.923. The molecule has 0 rings (SSSR count). The standard InChI is InChI=1S/C7H13O2.3C2H5.Ti/c1-2-3-4-5-6-7(8)9;3*1-2;/h6H,2-5H2,1H3,(H,8,9);3*1H2,2H3;. The number of carboxylic acid groups (broad SMARTS) is 1. The van der Waals surface area contributed by atoms with Gasteiger partial charge in [-0.05, 0) is 0 Å². The van der Waals surface area contributed by atoms with Crippen molar-refractivity contribution in [1.82, 2.24) is 0 Å². The molecule has 0 aromatic heterocycles. The fourth-order valence-electron chi connectivity index (χ4n) is 2.78. The number of unbranched alkanes of at least 4 members (excludes halogenated alkanes) is 2. The van der Waals surface area contributed by atoms with Crippen molar-refractivity contribution in [3.63, 3.8) is 0 Å². The Labute approximate surface area is 104 Å². The van der Waals surface area contributed by atoms with E-state index in [-0.39, 0.29) is 4.22 Å². The molecule has 0 aromatic carbocycles. The van der Waals surface area contributed by atoms with Gasteiger partial charge >= 0.3 is 104 Å². The van der Waals surface area contributed by atoms with Crippen LogP contribution in [0, 0.1) is 0 Å². The minimum absolute atomic E-state index is 0.0338. The van der Waals surface area contributed by atoms with Crippen LogP contribution in [0.4, 0.5) is 0 Å². The number of rotatable bonds is 9. The van der Waals surface area contributed by atoms with Crippen molar-refractivity contribution in [2.24, 2.45) is 0 Å². The first-order chi connectivity index (χ1) is 7.57. The van der Waals surface area contributed by atoms with Crippen LogP contribution in [-0.2, 0) is 21.4 Å². The van der Waals surface area contributed by atoms with E-state index in [2.05, 4.69) is 27.7 Å². The molecular weight excluding hydrogens is 236 g/mol. The van der Waals surface area contributed by atoms with Crippen LogP contribution in [0.25, 0.3) is 0 Å². The van der Waals surface area contributed by atoms with E-state index in [1.807, 2.05) is 0 Å². The molecule has 0 radical (unpaired) electrons. The second kappa shape index (κ2) is 8.30. The Morgan fingerprint density at radius 2 is 1.56 bits per heavy atom. The third kappa shape index (κ3) is 4.22. The first kappa shape index (κ1) is 16.2. The van der Waals surface area contributed by atoms with E-state index in [1.54, 1.807) is 0 Å². The normalized spacial score (nSPS) is 13.8. The van der Waals surface area contributed by atoms with E-state index in [0.717, 1.165) is 27.0 Å². The summed E-state index contributed by atoms with van der Waals surface area (Å²) in [5.74, 6) is -0.512. The van der Waals surface area contributed by atoms with Crippen LogP contribution in [0.3, 0.4) is 0 Å². The van der Waals surface area contributed by atoms with Gasteiger partial charge in [0.15, 0.2) is 0 Å². The first-order valence-electron chi connectivity index (χ1n) is 6.80. The Balaban J connectivity index is 4.65. The van der Waals surface area contributed by atoms with Gasteiger partial charge in [-0.2, -0.15) is 0 Å². The molecule has 0 aromatic rings. The zero-order chi connectivity index (χ0) is 12.6. The molecule has 0 fully saturated rings. The Kier molecular flexibility index (Phi) is 8.40. The van der Waals surface area contributed by atoms with Crippen LogP contribution in [0.1, 0.15) is 53.4 Å². The van der Waals surface area contributed by atoms with Crippen LogP contribution in [-0.4, -0.2) is 11.1 Å². The molecule has 0 saturated carbocycles. The van der Waals surface area contributed by atoms with E-state index in [0.29, 0.717) is 0 Å². The monoisotopic (exact) mass is 264 g/mol. The van der Waals surface area contributed by atoms with Gasteiger partial charge in [-0.3, -0.25) is 0 Å². The fourth-order valence-corrected chi connectivity index (χ4v) is 9.52. The number of carbonyl (C=O) groups is 1. The average molecular weight is 264 g/mol. The second-order valence-electron chi connectivity index (χ2n) is 4.81. The predicted octanol–water partition coefficient (Wildman–Crippen LogP) is 4.91. The summed E-state index contributed by atoms with van der Waals surface area (Å²) in [6, 6.07) is 0. The molecule has 0 saturated heterocycles. The topological polar surface area (TPSA) is 37.3 Å². The summed E-state index contributed by atoms with van der Waals surface area (Å²) in [6.45, 7) is 8.80. The van der Waals surface area contributed by atoms with Crippen molar-refractivity contribution in [1.29, 1.82) is 0 Å². The molecule has 0 amide bonds. The van der Waals surface area contributed by atoms with Crippen molar-refractivity contribution >= 4 is 5.97 Å². The molecule has 96 valence electrons. The van der Waals surface area contributed by atoms with Crippen LogP contribution < -0.4 is 0 Å². The summed E-state index contributed by atoms with van der Waals surface area (Å²) >= 11 is -2.11. The number of hydrogen-bond acceptors (Lipinski definition) is 1. The van der Waals surface area contributed by atoms with Gasteiger partial charge < -0.3 is 0 Å². The maximum absolute atomic E-state index is 11.5. The Hall–Kier alpha value is 0.184. The SMILES string of the molecule is CCCCC[CH](C(=O)O)[Ti]([CH2]C)([CH2]C)[CH2]C. The van der Waals surface area contributed by atoms with Gasteiger partial charge in [-0.1, -0.05) is 0 Å². The van der Waals surface area contributed by atoms with Gasteiger partial charge in [0.1, 0.15) is 0 Å². The van der Waals surface area contributed by atoms with Crippen LogP contribution in [0.2, 0.25) is 18.4 Å². The van der Waals surface area contributed by atoms with Crippen LogP contribution in [0.5, 0.6) is 0 Å². The molecule has 1 unspecified atom stereocenters. The molecule has 0 bridgehead atoms. The van der Waals surface area contributed by atoms with E-state index < -0.39 is 22.6 Å². The van der Waals surface area contributed by atoms with Crippen LogP contribution in [0.15, 0.2) is 0 Å². The van der Waals surface area contributed by atoms with E-state index in [9.17, 15) is 9.90 Å². The molecule has 0 aliphatic rings. The van der Waals surface area contributed by atoms with Gasteiger partial charge in [0.25, 0.3) is 0 Å². The molecule has 16 heavy (non-hydrogen) atoms. The Bertz CT molecular complexity index is 192. The first-order valence-corrected chi connectivity index (χ1v) is 11.0. The maximum atomic E-state index is 11.5. The van der Waals surface area contributed by atoms with E-state index in [4.69, 9.17) is 0 Å². The molecule has 0 aliphatic heterocycles. The van der Waals surface area contributed by atoms with Gasteiger partial charge in [0.2, 0.25) is 0 Å². The third-order valence-electron chi connectivity index (χ3n) is 4.25. The molecule has 3 heteroatoms. The van der Waals surface area contributed by atoms with Crippen molar-refractivity contribution < 1.29 is 26.5 Å². The number of hydrogen-bond donors (Lipinski definition) is 1. The molecule has 1 N–H and O–H groups in total. The van der Waals surface area contributed by atoms with Gasteiger partial charge in [-0.25, -0.2) is 0 Å². The van der Waals surface area contributed by atoms with Crippen molar-refractivity contribution in [3.8, 4) is 0 Å². The summed E-state index contributed by atoms with van der Waals surface area (Å²) < 4.78 is 3.52. The summed E-state index contributed by atoms with van der Waals surface area (Å²) in [7, 11) is 0. The Morgan fingerprint density at radius 1 is 1.06 bits per heavy atom. The zero-order valence-electron chi connectivity index (χ0n) is 11.4. The molecule has 0 aliphatic carbocycles. The Morgan fingerprint density at radius 3 is 1.88 bits per heavy atom. The summed E-state index contributed by atoms with van der Waals surface area (Å²) in [5.41, 5.74) is 0. The van der Waals surface area contributed by atoms with Gasteiger partial charge in [0, 0.05) is 0 Å². The number of aliphatic carboxylic acids is 1. The zero-order valence-corrected chi connectivity index (χ0v) is 12.9. The third-order valence-corrected chi connectivity index (χ3v) is 14.0. The van der Waals surface area contributed by atoms with E-state index >= 15 is 0 Å². The molecule has 2 nitrogen and oxygen atoms in total. The van der Waals surface area contributed by atoms with Crippen molar-refractivity contribution in [2.45, 2.75) is 71.8 Å². The predicted molar refractivity (Wildman–Crippen MR) is 67.0 cm³/mol. The van der Waals surface area contributed by atoms with Crippen LogP contribution >= 0.6 is 0 Å². The average Bonchev–Trinajstić information content (AvgIpc) is 2.29. The molecule has 1 atom stereocenters.